The summed E-state index contributed by atoms with van der Waals surface area (Å²) in [5.74, 6) is 0.536. The zero-order chi connectivity index (χ0) is 20.4. The van der Waals surface area contributed by atoms with Crippen molar-refractivity contribution in [3.8, 4) is 5.75 Å². The van der Waals surface area contributed by atoms with E-state index in [-0.39, 0.29) is 17.5 Å². The van der Waals surface area contributed by atoms with Gasteiger partial charge in [0.2, 0.25) is 0 Å². The lowest BCUT2D eigenvalue weighted by Gasteiger charge is -2.23. The van der Waals surface area contributed by atoms with E-state index in [1.807, 2.05) is 26.0 Å². The second-order valence-electron chi connectivity index (χ2n) is 7.40. The summed E-state index contributed by atoms with van der Waals surface area (Å²) in [6.07, 6.45) is 7.21. The Kier molecular flexibility index (Phi) is 5.67. The molecule has 4 rings (SSSR count). The highest BCUT2D eigenvalue weighted by Gasteiger charge is 2.22. The molecular formula is C22H25N3O3S. The predicted octanol–water partition coefficient (Wildman–Crippen LogP) is 4.92. The minimum Gasteiger partial charge on any atom is -0.494 e. The number of fused-ring (bicyclic) bond motifs is 1. The van der Waals surface area contributed by atoms with Crippen molar-refractivity contribution in [3.05, 3.63) is 51.4 Å². The number of amides is 1. The van der Waals surface area contributed by atoms with Crippen LogP contribution in [-0.2, 0) is 0 Å². The normalized spacial score (nSPS) is 14.8. The molecule has 0 bridgehead atoms. The molecule has 1 aliphatic rings. The number of rotatable bonds is 5. The van der Waals surface area contributed by atoms with Gasteiger partial charge in [0, 0.05) is 11.7 Å². The summed E-state index contributed by atoms with van der Waals surface area (Å²) in [6, 6.07) is 7.47. The van der Waals surface area contributed by atoms with E-state index in [0.717, 1.165) is 31.4 Å². The van der Waals surface area contributed by atoms with Gasteiger partial charge >= 0.3 is 0 Å². The topological polar surface area (TPSA) is 73.2 Å². The lowest BCUT2D eigenvalue weighted by Crippen LogP contribution is -2.26. The summed E-state index contributed by atoms with van der Waals surface area (Å²) in [5.41, 5.74) is 1.36. The van der Waals surface area contributed by atoms with Gasteiger partial charge < -0.3 is 10.1 Å². The quantitative estimate of drug-likeness (QED) is 0.647. The number of nitrogens with zero attached hydrogens (tertiary/aromatic N) is 2. The number of carbonyl (C=O) groups is 1. The first-order valence-electron chi connectivity index (χ1n) is 10.1. The summed E-state index contributed by atoms with van der Waals surface area (Å²) in [6.45, 7) is 4.36. The molecule has 0 unspecified atom stereocenters. The third-order valence-corrected chi connectivity index (χ3v) is 6.67. The molecule has 0 radical (unpaired) electrons. The molecule has 0 spiro atoms. The molecule has 1 fully saturated rings. The molecule has 29 heavy (non-hydrogen) atoms. The van der Waals surface area contributed by atoms with Crippen LogP contribution in [0.4, 0.5) is 5.69 Å². The summed E-state index contributed by atoms with van der Waals surface area (Å²) in [4.78, 5) is 31.6. The van der Waals surface area contributed by atoms with E-state index >= 15 is 0 Å². The number of aromatic nitrogens is 2. The molecule has 1 aromatic carbocycles. The summed E-state index contributed by atoms with van der Waals surface area (Å²) in [7, 11) is 0. The van der Waals surface area contributed by atoms with Crippen molar-refractivity contribution in [2.45, 2.75) is 52.0 Å². The Hall–Kier alpha value is -2.67. The number of nitrogens with one attached hydrogen (secondary N) is 1. The number of ether oxygens (including phenoxy) is 1. The third-order valence-electron chi connectivity index (χ3n) is 5.47. The fraction of sp³-hybridized carbons (Fsp3) is 0.409. The van der Waals surface area contributed by atoms with Crippen molar-refractivity contribution < 1.29 is 9.53 Å². The highest BCUT2D eigenvalue weighted by atomic mass is 32.1. The van der Waals surface area contributed by atoms with Crippen molar-refractivity contribution in [2.75, 3.05) is 11.9 Å². The van der Waals surface area contributed by atoms with Crippen LogP contribution in [0.1, 0.15) is 60.3 Å². The van der Waals surface area contributed by atoms with Crippen LogP contribution in [0.3, 0.4) is 0 Å². The standard InChI is InChI=1S/C22H25N3O3S/c1-3-28-17-11-9-15(10-12-17)24-20(26)19-14(2)18-21(29-19)23-13-25(22(18)27)16-7-5-4-6-8-16/h9-13,16H,3-8H2,1-2H3,(H,24,26). The van der Waals surface area contributed by atoms with Crippen molar-refractivity contribution in [1.29, 1.82) is 0 Å². The molecule has 1 N–H and O–H groups in total. The number of benzene rings is 1. The van der Waals surface area contributed by atoms with E-state index in [1.165, 1.54) is 17.8 Å². The molecule has 3 aromatic rings. The fourth-order valence-electron chi connectivity index (χ4n) is 3.96. The predicted molar refractivity (Wildman–Crippen MR) is 116 cm³/mol. The Bertz CT molecular complexity index is 1080. The Morgan fingerprint density at radius 3 is 2.66 bits per heavy atom. The molecule has 2 aromatic heterocycles. The smallest absolute Gasteiger partial charge is 0.266 e. The van der Waals surface area contributed by atoms with E-state index < -0.39 is 0 Å². The average molecular weight is 412 g/mol. The number of aryl methyl sites for hydroxylation is 1. The second kappa shape index (κ2) is 8.37. The van der Waals surface area contributed by atoms with Gasteiger partial charge in [-0.3, -0.25) is 14.2 Å². The van der Waals surface area contributed by atoms with Crippen LogP contribution < -0.4 is 15.6 Å². The molecule has 1 amide bonds. The van der Waals surface area contributed by atoms with Crippen LogP contribution in [0.5, 0.6) is 5.75 Å². The molecule has 2 heterocycles. The third kappa shape index (κ3) is 3.92. The maximum absolute atomic E-state index is 13.1. The van der Waals surface area contributed by atoms with Gasteiger partial charge in [0.15, 0.2) is 0 Å². The average Bonchev–Trinajstić information content (AvgIpc) is 3.08. The van der Waals surface area contributed by atoms with E-state index in [0.29, 0.717) is 33.0 Å². The highest BCUT2D eigenvalue weighted by Crippen LogP contribution is 2.31. The van der Waals surface area contributed by atoms with Gasteiger partial charge in [-0.2, -0.15) is 0 Å². The first-order valence-corrected chi connectivity index (χ1v) is 10.9. The van der Waals surface area contributed by atoms with Crippen LogP contribution in [0.25, 0.3) is 10.2 Å². The second-order valence-corrected chi connectivity index (χ2v) is 8.40. The first kappa shape index (κ1) is 19.6. The van der Waals surface area contributed by atoms with Crippen molar-refractivity contribution in [3.63, 3.8) is 0 Å². The number of anilines is 1. The minimum atomic E-state index is -0.224. The van der Waals surface area contributed by atoms with E-state index in [4.69, 9.17) is 4.74 Å². The maximum Gasteiger partial charge on any atom is 0.266 e. The highest BCUT2D eigenvalue weighted by molar-refractivity contribution is 7.20. The Morgan fingerprint density at radius 1 is 1.24 bits per heavy atom. The van der Waals surface area contributed by atoms with Crippen LogP contribution in [0.15, 0.2) is 35.4 Å². The molecule has 0 atom stereocenters. The van der Waals surface area contributed by atoms with Gasteiger partial charge in [0.05, 0.1) is 23.2 Å². The van der Waals surface area contributed by atoms with Gasteiger partial charge in [0.1, 0.15) is 10.6 Å². The number of carbonyl (C=O) groups excluding carboxylic acids is 1. The first-order chi connectivity index (χ1) is 14.1. The number of thiophene rings is 1. The van der Waals surface area contributed by atoms with Gasteiger partial charge in [0.25, 0.3) is 11.5 Å². The fourth-order valence-corrected chi connectivity index (χ4v) is 5.00. The van der Waals surface area contributed by atoms with Crippen molar-refractivity contribution in [1.82, 2.24) is 9.55 Å². The SMILES string of the molecule is CCOc1ccc(NC(=O)c2sc3ncn(C4CCCCC4)c(=O)c3c2C)cc1. The molecule has 6 nitrogen and oxygen atoms in total. The zero-order valence-corrected chi connectivity index (χ0v) is 17.6. The van der Waals surface area contributed by atoms with Crippen molar-refractivity contribution in [2.24, 2.45) is 0 Å². The molecular weight excluding hydrogens is 386 g/mol. The monoisotopic (exact) mass is 411 g/mol. The van der Waals surface area contributed by atoms with Crippen LogP contribution in [-0.4, -0.2) is 22.1 Å². The molecule has 1 aliphatic carbocycles. The number of hydrogen-bond donors (Lipinski definition) is 1. The Labute approximate surface area is 173 Å². The lowest BCUT2D eigenvalue weighted by molar-refractivity contribution is 0.103. The van der Waals surface area contributed by atoms with Gasteiger partial charge in [-0.1, -0.05) is 19.3 Å². The largest absolute Gasteiger partial charge is 0.494 e. The van der Waals surface area contributed by atoms with E-state index in [1.54, 1.807) is 23.0 Å². The van der Waals surface area contributed by atoms with E-state index in [9.17, 15) is 9.59 Å². The summed E-state index contributed by atoms with van der Waals surface area (Å²) < 4.78 is 7.20. The van der Waals surface area contributed by atoms with E-state index in [2.05, 4.69) is 10.3 Å². The minimum absolute atomic E-state index is 0.0317. The van der Waals surface area contributed by atoms with Gasteiger partial charge in [-0.15, -0.1) is 11.3 Å². The molecule has 152 valence electrons. The lowest BCUT2D eigenvalue weighted by atomic mass is 9.95. The molecule has 0 aliphatic heterocycles. The molecule has 7 heteroatoms. The van der Waals surface area contributed by atoms with Gasteiger partial charge in [-0.25, -0.2) is 4.98 Å². The molecule has 1 saturated carbocycles. The Balaban J connectivity index is 1.62. The van der Waals surface area contributed by atoms with Crippen LogP contribution >= 0.6 is 11.3 Å². The summed E-state index contributed by atoms with van der Waals surface area (Å²) in [5, 5.41) is 3.48. The number of hydrogen-bond acceptors (Lipinski definition) is 5. The maximum atomic E-state index is 13.1. The zero-order valence-electron chi connectivity index (χ0n) is 16.7. The molecule has 0 saturated heterocycles. The van der Waals surface area contributed by atoms with Crippen molar-refractivity contribution >= 4 is 33.1 Å². The van der Waals surface area contributed by atoms with Crippen LogP contribution in [0, 0.1) is 6.92 Å². The van der Waals surface area contributed by atoms with Crippen LogP contribution in [0.2, 0.25) is 0 Å². The summed E-state index contributed by atoms with van der Waals surface area (Å²) >= 11 is 1.27. The van der Waals surface area contributed by atoms with Gasteiger partial charge in [-0.05, 0) is 56.5 Å². The Morgan fingerprint density at radius 2 is 1.97 bits per heavy atom.